The highest BCUT2D eigenvalue weighted by atomic mass is 35.5. The standard InChI is InChI=1S/C26H27ClN2O4/c1-16(2)21-13-22(27)17(3)11-25(21)33-15-19-12-18(9-10-24(19)32-4)14-28-29-26(31)20-7-5-6-8-23(20)30/h5-14,16,30H,15H2,1-4H3,(H,29,31)/b28-14+. The van der Waals surface area contributed by atoms with E-state index in [0.717, 1.165) is 28.0 Å². The van der Waals surface area contributed by atoms with E-state index in [1.807, 2.05) is 37.3 Å². The number of phenolic OH excluding ortho intramolecular Hbond substituents is 1. The fourth-order valence-corrected chi connectivity index (χ4v) is 3.46. The van der Waals surface area contributed by atoms with Crippen molar-refractivity contribution in [3.63, 3.8) is 0 Å². The molecule has 3 aromatic rings. The predicted molar refractivity (Wildman–Crippen MR) is 131 cm³/mol. The summed E-state index contributed by atoms with van der Waals surface area (Å²) in [5, 5.41) is 14.5. The van der Waals surface area contributed by atoms with Gasteiger partial charge in [-0.1, -0.05) is 37.6 Å². The number of ether oxygens (including phenoxy) is 2. The number of carbonyl (C=O) groups excluding carboxylic acids is 1. The number of rotatable bonds is 8. The number of hydrogen-bond donors (Lipinski definition) is 2. The lowest BCUT2D eigenvalue weighted by Crippen LogP contribution is -2.17. The fraction of sp³-hybridized carbons (Fsp3) is 0.231. The number of nitrogens with one attached hydrogen (secondary N) is 1. The molecule has 0 saturated heterocycles. The van der Waals surface area contributed by atoms with Gasteiger partial charge in [-0.05, 0) is 72.0 Å². The van der Waals surface area contributed by atoms with Crippen LogP contribution in [0.1, 0.15) is 52.4 Å². The number of amides is 1. The van der Waals surface area contributed by atoms with Crippen LogP contribution in [-0.4, -0.2) is 24.3 Å². The minimum Gasteiger partial charge on any atom is -0.507 e. The van der Waals surface area contributed by atoms with Crippen molar-refractivity contribution in [2.45, 2.75) is 33.3 Å². The van der Waals surface area contributed by atoms with Gasteiger partial charge in [-0.15, -0.1) is 0 Å². The van der Waals surface area contributed by atoms with Crippen LogP contribution in [-0.2, 0) is 6.61 Å². The minimum atomic E-state index is -0.499. The van der Waals surface area contributed by atoms with E-state index in [0.29, 0.717) is 10.8 Å². The first kappa shape index (κ1) is 24.1. The van der Waals surface area contributed by atoms with Crippen LogP contribution in [0, 0.1) is 6.92 Å². The zero-order valence-electron chi connectivity index (χ0n) is 19.1. The van der Waals surface area contributed by atoms with E-state index in [-0.39, 0.29) is 23.8 Å². The number of methoxy groups -OCH3 is 1. The fourth-order valence-electron chi connectivity index (χ4n) is 3.29. The highest BCUT2D eigenvalue weighted by Crippen LogP contribution is 2.33. The summed E-state index contributed by atoms with van der Waals surface area (Å²) in [7, 11) is 1.60. The van der Waals surface area contributed by atoms with E-state index in [4.69, 9.17) is 21.1 Å². The van der Waals surface area contributed by atoms with Crippen LogP contribution in [0.25, 0.3) is 0 Å². The molecule has 0 aliphatic carbocycles. The van der Waals surface area contributed by atoms with Crippen molar-refractivity contribution in [3.8, 4) is 17.2 Å². The van der Waals surface area contributed by atoms with E-state index in [1.165, 1.54) is 18.3 Å². The number of nitrogens with zero attached hydrogens (tertiary/aromatic N) is 1. The summed E-state index contributed by atoms with van der Waals surface area (Å²) in [6.45, 7) is 6.42. The van der Waals surface area contributed by atoms with Gasteiger partial charge in [-0.3, -0.25) is 4.79 Å². The number of para-hydroxylation sites is 1. The van der Waals surface area contributed by atoms with Gasteiger partial charge in [-0.25, -0.2) is 5.43 Å². The number of hydrazone groups is 1. The molecule has 0 unspecified atom stereocenters. The van der Waals surface area contributed by atoms with Gasteiger partial charge in [0.05, 0.1) is 18.9 Å². The average molecular weight is 467 g/mol. The third-order valence-corrected chi connectivity index (χ3v) is 5.54. The van der Waals surface area contributed by atoms with Crippen molar-refractivity contribution in [2.24, 2.45) is 5.10 Å². The molecular weight excluding hydrogens is 440 g/mol. The van der Waals surface area contributed by atoms with E-state index in [1.54, 1.807) is 19.2 Å². The number of carbonyl (C=O) groups is 1. The molecule has 0 saturated carbocycles. The molecule has 0 fully saturated rings. The number of aromatic hydroxyl groups is 1. The summed E-state index contributed by atoms with van der Waals surface area (Å²) < 4.78 is 11.6. The normalized spacial score (nSPS) is 11.1. The second kappa shape index (κ2) is 10.9. The van der Waals surface area contributed by atoms with Gasteiger partial charge in [-0.2, -0.15) is 5.10 Å². The van der Waals surface area contributed by atoms with Crippen molar-refractivity contribution in [1.82, 2.24) is 5.43 Å². The van der Waals surface area contributed by atoms with Gasteiger partial charge in [0.1, 0.15) is 23.9 Å². The molecule has 0 atom stereocenters. The first-order valence-corrected chi connectivity index (χ1v) is 10.9. The minimum absolute atomic E-state index is 0.104. The Morgan fingerprint density at radius 1 is 1.15 bits per heavy atom. The van der Waals surface area contributed by atoms with Crippen molar-refractivity contribution in [1.29, 1.82) is 0 Å². The Kier molecular flexibility index (Phi) is 7.96. The highest BCUT2D eigenvalue weighted by molar-refractivity contribution is 6.31. The first-order chi connectivity index (χ1) is 15.8. The summed E-state index contributed by atoms with van der Waals surface area (Å²) in [6.07, 6.45) is 1.52. The molecule has 3 aromatic carbocycles. The third-order valence-electron chi connectivity index (χ3n) is 5.13. The molecule has 6 nitrogen and oxygen atoms in total. The Hall–Kier alpha value is -3.51. The predicted octanol–water partition coefficient (Wildman–Crippen LogP) is 5.83. The largest absolute Gasteiger partial charge is 0.507 e. The number of aryl methyl sites for hydroxylation is 1. The average Bonchev–Trinajstić information content (AvgIpc) is 2.79. The van der Waals surface area contributed by atoms with Gasteiger partial charge < -0.3 is 14.6 Å². The third kappa shape index (κ3) is 6.05. The van der Waals surface area contributed by atoms with Gasteiger partial charge in [0.15, 0.2) is 0 Å². The van der Waals surface area contributed by atoms with Crippen LogP contribution >= 0.6 is 11.6 Å². The zero-order valence-corrected chi connectivity index (χ0v) is 19.8. The van der Waals surface area contributed by atoms with Crippen molar-refractivity contribution < 1.29 is 19.4 Å². The number of benzene rings is 3. The molecule has 33 heavy (non-hydrogen) atoms. The monoisotopic (exact) mass is 466 g/mol. The first-order valence-electron chi connectivity index (χ1n) is 10.5. The number of phenols is 1. The molecule has 0 aromatic heterocycles. The summed E-state index contributed by atoms with van der Waals surface area (Å²) in [4.78, 5) is 12.2. The van der Waals surface area contributed by atoms with Crippen LogP contribution < -0.4 is 14.9 Å². The maximum Gasteiger partial charge on any atom is 0.275 e. The molecule has 0 aliphatic heterocycles. The molecule has 0 heterocycles. The van der Waals surface area contributed by atoms with Crippen LogP contribution in [0.4, 0.5) is 0 Å². The van der Waals surface area contributed by atoms with Crippen molar-refractivity contribution in [2.75, 3.05) is 7.11 Å². The molecule has 3 rings (SSSR count). The summed E-state index contributed by atoms with van der Waals surface area (Å²) in [5.74, 6) is 1.12. The van der Waals surface area contributed by atoms with Crippen molar-refractivity contribution >= 4 is 23.7 Å². The van der Waals surface area contributed by atoms with E-state index < -0.39 is 5.91 Å². The van der Waals surface area contributed by atoms with E-state index >= 15 is 0 Å². The van der Waals surface area contributed by atoms with E-state index in [2.05, 4.69) is 24.4 Å². The van der Waals surface area contributed by atoms with Gasteiger partial charge >= 0.3 is 0 Å². The molecule has 1 amide bonds. The zero-order chi connectivity index (χ0) is 24.0. The topological polar surface area (TPSA) is 80.2 Å². The maximum atomic E-state index is 12.2. The molecule has 2 N–H and O–H groups in total. The molecule has 172 valence electrons. The Bertz CT molecular complexity index is 1170. The summed E-state index contributed by atoms with van der Waals surface area (Å²) >= 11 is 6.30. The Balaban J connectivity index is 1.75. The number of halogens is 1. The second-order valence-electron chi connectivity index (χ2n) is 7.87. The lowest BCUT2D eigenvalue weighted by Gasteiger charge is -2.17. The van der Waals surface area contributed by atoms with E-state index in [9.17, 15) is 9.90 Å². The molecule has 0 radical (unpaired) electrons. The maximum absolute atomic E-state index is 12.2. The van der Waals surface area contributed by atoms with Crippen LogP contribution in [0.5, 0.6) is 17.2 Å². The quantitative estimate of drug-likeness (QED) is 0.323. The van der Waals surface area contributed by atoms with Gasteiger partial charge in [0, 0.05) is 10.6 Å². The summed E-state index contributed by atoms with van der Waals surface area (Å²) in [6, 6.07) is 15.7. The number of hydrogen-bond acceptors (Lipinski definition) is 5. The smallest absolute Gasteiger partial charge is 0.275 e. The summed E-state index contributed by atoms with van der Waals surface area (Å²) in [5.41, 5.74) is 6.14. The Morgan fingerprint density at radius 3 is 2.61 bits per heavy atom. The molecule has 0 bridgehead atoms. The molecule has 0 spiro atoms. The van der Waals surface area contributed by atoms with Gasteiger partial charge in [0.2, 0.25) is 0 Å². The van der Waals surface area contributed by atoms with Crippen LogP contribution in [0.2, 0.25) is 5.02 Å². The SMILES string of the molecule is COc1ccc(/C=N/NC(=O)c2ccccc2O)cc1COc1cc(C)c(Cl)cc1C(C)C. The van der Waals surface area contributed by atoms with Crippen LogP contribution in [0.3, 0.4) is 0 Å². The highest BCUT2D eigenvalue weighted by Gasteiger charge is 2.13. The molecule has 0 aliphatic rings. The molecule has 7 heteroatoms. The second-order valence-corrected chi connectivity index (χ2v) is 8.28. The lowest BCUT2D eigenvalue weighted by molar-refractivity contribution is 0.0952. The Morgan fingerprint density at radius 2 is 1.91 bits per heavy atom. The Labute approximate surface area is 198 Å². The van der Waals surface area contributed by atoms with Crippen LogP contribution in [0.15, 0.2) is 59.7 Å². The lowest BCUT2D eigenvalue weighted by atomic mass is 10.0. The molecular formula is C26H27ClN2O4. The van der Waals surface area contributed by atoms with Crippen molar-refractivity contribution in [3.05, 3.63) is 87.4 Å². The van der Waals surface area contributed by atoms with Gasteiger partial charge in [0.25, 0.3) is 5.91 Å².